The third-order valence-corrected chi connectivity index (χ3v) is 4.94. The summed E-state index contributed by atoms with van der Waals surface area (Å²) in [5.74, 6) is 0. The molecule has 21 heavy (non-hydrogen) atoms. The molecule has 7 heteroatoms. The second-order valence-corrected chi connectivity index (χ2v) is 6.98. The van der Waals surface area contributed by atoms with E-state index in [2.05, 4.69) is 37.0 Å². The van der Waals surface area contributed by atoms with E-state index in [1.54, 1.807) is 18.2 Å². The number of rotatable bonds is 1. The van der Waals surface area contributed by atoms with Gasteiger partial charge in [0.05, 0.1) is 5.69 Å². The Morgan fingerprint density at radius 1 is 1.29 bits per heavy atom. The summed E-state index contributed by atoms with van der Waals surface area (Å²) in [4.78, 5) is -0.293. The second kappa shape index (κ2) is 5.43. The van der Waals surface area contributed by atoms with Crippen LogP contribution in [0.1, 0.15) is 34.6 Å². The molecule has 1 atom stereocenters. The van der Waals surface area contributed by atoms with Crippen molar-refractivity contribution >= 4 is 31.9 Å². The molecule has 0 bridgehead atoms. The van der Waals surface area contributed by atoms with E-state index in [1.165, 1.54) is 4.68 Å². The number of alkyl halides is 4. The summed E-state index contributed by atoms with van der Waals surface area (Å²) in [5.41, 5.74) is 0.791. The molecule has 0 aliphatic heterocycles. The molecule has 0 radical (unpaired) electrons. The lowest BCUT2D eigenvalue weighted by Gasteiger charge is -2.19. The van der Waals surface area contributed by atoms with Crippen LogP contribution in [0.25, 0.3) is 5.69 Å². The first-order valence-corrected chi connectivity index (χ1v) is 8.18. The Kier molecular flexibility index (Phi) is 3.90. The Labute approximate surface area is 136 Å². The van der Waals surface area contributed by atoms with Crippen LogP contribution in [0.15, 0.2) is 28.7 Å². The Morgan fingerprint density at radius 3 is 2.71 bits per heavy atom. The van der Waals surface area contributed by atoms with Crippen molar-refractivity contribution in [1.82, 2.24) is 9.78 Å². The fraction of sp³-hybridized carbons (Fsp3) is 0.357. The van der Waals surface area contributed by atoms with Crippen molar-refractivity contribution in [3.05, 3.63) is 45.7 Å². The molecule has 0 saturated heterocycles. The predicted molar refractivity (Wildman–Crippen MR) is 80.9 cm³/mol. The number of nitrogens with zero attached hydrogens (tertiary/aromatic N) is 2. The van der Waals surface area contributed by atoms with Crippen molar-refractivity contribution in [2.45, 2.75) is 30.3 Å². The SMILES string of the molecule is FC(F)(F)c1nn(-c2cccc(Br)c2)c2c1C(Br)CCC2. The fourth-order valence-electron chi connectivity index (χ4n) is 2.66. The summed E-state index contributed by atoms with van der Waals surface area (Å²) in [6, 6.07) is 7.15. The zero-order valence-electron chi connectivity index (χ0n) is 10.8. The maximum atomic E-state index is 13.3. The molecular weight excluding hydrogens is 413 g/mol. The molecule has 112 valence electrons. The summed E-state index contributed by atoms with van der Waals surface area (Å²) in [6.45, 7) is 0. The van der Waals surface area contributed by atoms with Crippen LogP contribution < -0.4 is 0 Å². The lowest BCUT2D eigenvalue weighted by Crippen LogP contribution is -2.12. The monoisotopic (exact) mass is 422 g/mol. The van der Waals surface area contributed by atoms with Crippen LogP contribution in [0.5, 0.6) is 0 Å². The zero-order chi connectivity index (χ0) is 15.2. The zero-order valence-corrected chi connectivity index (χ0v) is 14.0. The third kappa shape index (κ3) is 2.77. The minimum atomic E-state index is -4.44. The summed E-state index contributed by atoms with van der Waals surface area (Å²) in [6.07, 6.45) is -2.29. The van der Waals surface area contributed by atoms with Crippen LogP contribution >= 0.6 is 31.9 Å². The Balaban J connectivity index is 2.23. The largest absolute Gasteiger partial charge is 0.435 e. The molecular formula is C14H11Br2F3N2. The summed E-state index contributed by atoms with van der Waals surface area (Å²) >= 11 is 6.71. The van der Waals surface area contributed by atoms with Gasteiger partial charge in [-0.1, -0.05) is 37.9 Å². The highest BCUT2D eigenvalue weighted by Crippen LogP contribution is 2.44. The molecule has 1 aromatic carbocycles. The van der Waals surface area contributed by atoms with Gasteiger partial charge in [0.1, 0.15) is 0 Å². The van der Waals surface area contributed by atoms with Gasteiger partial charge in [-0.2, -0.15) is 18.3 Å². The normalized spacial score (nSPS) is 18.6. The molecule has 3 rings (SSSR count). The van der Waals surface area contributed by atoms with Crippen LogP contribution in [0.3, 0.4) is 0 Å². The summed E-state index contributed by atoms with van der Waals surface area (Å²) < 4.78 is 42.0. The number of benzene rings is 1. The quantitative estimate of drug-likeness (QED) is 0.559. The Hall–Kier alpha value is -0.820. The number of hydrogen-bond acceptors (Lipinski definition) is 1. The van der Waals surface area contributed by atoms with Crippen molar-refractivity contribution in [2.24, 2.45) is 0 Å². The van der Waals surface area contributed by atoms with Crippen molar-refractivity contribution in [3.63, 3.8) is 0 Å². The third-order valence-electron chi connectivity index (χ3n) is 3.53. The average Bonchev–Trinajstić information content (AvgIpc) is 2.79. The van der Waals surface area contributed by atoms with Gasteiger partial charge in [-0.3, -0.25) is 0 Å². The standard InChI is InChI=1S/C14H11Br2F3N2/c15-8-3-1-4-9(7-8)21-11-6-2-5-10(16)12(11)13(20-21)14(17,18)19/h1,3-4,7,10H,2,5-6H2. The van der Waals surface area contributed by atoms with Gasteiger partial charge in [-0.05, 0) is 37.5 Å². The maximum Gasteiger partial charge on any atom is 0.435 e. The Bertz CT molecular complexity index is 679. The van der Waals surface area contributed by atoms with Gasteiger partial charge in [0.25, 0.3) is 0 Å². The number of hydrogen-bond donors (Lipinski definition) is 0. The van der Waals surface area contributed by atoms with Crippen molar-refractivity contribution in [1.29, 1.82) is 0 Å². The molecule has 0 spiro atoms. The average molecular weight is 424 g/mol. The van der Waals surface area contributed by atoms with Crippen molar-refractivity contribution in [3.8, 4) is 5.69 Å². The molecule has 1 aliphatic carbocycles. The minimum Gasteiger partial charge on any atom is -0.237 e. The highest BCUT2D eigenvalue weighted by molar-refractivity contribution is 9.10. The lowest BCUT2D eigenvalue weighted by atomic mass is 9.95. The molecule has 2 aromatic rings. The van der Waals surface area contributed by atoms with E-state index >= 15 is 0 Å². The van der Waals surface area contributed by atoms with Gasteiger partial charge in [0.2, 0.25) is 0 Å². The molecule has 2 nitrogen and oxygen atoms in total. The summed E-state index contributed by atoms with van der Waals surface area (Å²) in [7, 11) is 0. The smallest absolute Gasteiger partial charge is 0.237 e. The molecule has 1 aliphatic rings. The van der Waals surface area contributed by atoms with E-state index < -0.39 is 11.9 Å². The van der Waals surface area contributed by atoms with E-state index in [-0.39, 0.29) is 10.4 Å². The summed E-state index contributed by atoms with van der Waals surface area (Å²) in [5, 5.41) is 3.87. The second-order valence-electron chi connectivity index (χ2n) is 4.96. The first-order chi connectivity index (χ1) is 9.88. The van der Waals surface area contributed by atoms with Gasteiger partial charge < -0.3 is 0 Å². The highest BCUT2D eigenvalue weighted by Gasteiger charge is 2.42. The van der Waals surface area contributed by atoms with Crippen molar-refractivity contribution < 1.29 is 13.2 Å². The van der Waals surface area contributed by atoms with Crippen LogP contribution in [0.2, 0.25) is 0 Å². The predicted octanol–water partition coefficient (Wildman–Crippen LogP) is 5.43. The maximum absolute atomic E-state index is 13.3. The first-order valence-electron chi connectivity index (χ1n) is 6.47. The molecule has 1 aromatic heterocycles. The number of fused-ring (bicyclic) bond motifs is 1. The van der Waals surface area contributed by atoms with Gasteiger partial charge in [0.15, 0.2) is 5.69 Å². The van der Waals surface area contributed by atoms with Crippen LogP contribution in [0, 0.1) is 0 Å². The lowest BCUT2D eigenvalue weighted by molar-refractivity contribution is -0.142. The van der Waals surface area contributed by atoms with Gasteiger partial charge in [0, 0.05) is 20.6 Å². The molecule has 1 heterocycles. The minimum absolute atomic E-state index is 0.286. The highest BCUT2D eigenvalue weighted by atomic mass is 79.9. The van der Waals surface area contributed by atoms with Gasteiger partial charge in [-0.15, -0.1) is 0 Å². The van der Waals surface area contributed by atoms with E-state index in [9.17, 15) is 13.2 Å². The molecule has 0 fully saturated rings. The van der Waals surface area contributed by atoms with Crippen LogP contribution in [0.4, 0.5) is 13.2 Å². The molecule has 0 saturated carbocycles. The van der Waals surface area contributed by atoms with E-state index in [4.69, 9.17) is 0 Å². The molecule has 1 unspecified atom stereocenters. The van der Waals surface area contributed by atoms with E-state index in [0.29, 0.717) is 24.2 Å². The van der Waals surface area contributed by atoms with Crippen LogP contribution in [-0.4, -0.2) is 9.78 Å². The van der Waals surface area contributed by atoms with Crippen molar-refractivity contribution in [2.75, 3.05) is 0 Å². The molecule has 0 amide bonds. The first kappa shape index (κ1) is 15.1. The Morgan fingerprint density at radius 2 is 2.05 bits per heavy atom. The van der Waals surface area contributed by atoms with E-state index in [0.717, 1.165) is 10.9 Å². The topological polar surface area (TPSA) is 17.8 Å². The number of halogens is 5. The van der Waals surface area contributed by atoms with Gasteiger partial charge >= 0.3 is 6.18 Å². The van der Waals surface area contributed by atoms with E-state index in [1.807, 2.05) is 6.07 Å². The fourth-order valence-corrected chi connectivity index (χ4v) is 3.85. The van der Waals surface area contributed by atoms with Gasteiger partial charge in [-0.25, -0.2) is 4.68 Å². The number of aromatic nitrogens is 2. The molecule has 0 N–H and O–H groups in total. The van der Waals surface area contributed by atoms with Crippen LogP contribution in [-0.2, 0) is 12.6 Å².